The first-order valence-electron chi connectivity index (χ1n) is 10.4. The number of ether oxygens (including phenoxy) is 1. The molecule has 3 rings (SSSR count). The molecule has 2 aromatic rings. The lowest BCUT2D eigenvalue weighted by atomic mass is 10.1. The van der Waals surface area contributed by atoms with Crippen molar-refractivity contribution in [3.8, 4) is 0 Å². The molecule has 0 aliphatic carbocycles. The summed E-state index contributed by atoms with van der Waals surface area (Å²) in [6, 6.07) is 9.98. The lowest BCUT2D eigenvalue weighted by Gasteiger charge is -2.26. The molecule has 0 aromatic heterocycles. The molecule has 0 bridgehead atoms. The highest BCUT2D eigenvalue weighted by Gasteiger charge is 2.29. The molecule has 170 valence electrons. The van der Waals surface area contributed by atoms with Gasteiger partial charge in [0.1, 0.15) is 10.7 Å². The van der Waals surface area contributed by atoms with Gasteiger partial charge < -0.3 is 10.1 Å². The zero-order chi connectivity index (χ0) is 23.1. The van der Waals surface area contributed by atoms with Crippen LogP contribution in [0.5, 0.6) is 0 Å². The molecule has 1 aliphatic rings. The molecule has 1 amide bonds. The average molecular weight is 461 g/mol. The van der Waals surface area contributed by atoms with Crippen LogP contribution in [0.4, 0.5) is 10.1 Å². The van der Waals surface area contributed by atoms with Crippen molar-refractivity contribution in [1.29, 1.82) is 0 Å². The number of hydrogen-bond donors (Lipinski definition) is 1. The Morgan fingerprint density at radius 3 is 2.44 bits per heavy atom. The molecule has 0 saturated carbocycles. The van der Waals surface area contributed by atoms with Crippen LogP contribution in [0.2, 0.25) is 0 Å². The van der Waals surface area contributed by atoms with Gasteiger partial charge in [-0.3, -0.25) is 4.79 Å². The summed E-state index contributed by atoms with van der Waals surface area (Å²) in [6.45, 7) is 2.69. The molecule has 9 heteroatoms. The summed E-state index contributed by atoms with van der Waals surface area (Å²) in [4.78, 5) is 23.5. The van der Waals surface area contributed by atoms with Crippen molar-refractivity contribution in [3.63, 3.8) is 0 Å². The lowest BCUT2D eigenvalue weighted by Crippen LogP contribution is -2.36. The summed E-state index contributed by atoms with van der Waals surface area (Å²) in [5.41, 5.74) is 1.23. The van der Waals surface area contributed by atoms with E-state index in [2.05, 4.69) is 5.32 Å². The fourth-order valence-corrected chi connectivity index (χ4v) is 4.93. The minimum absolute atomic E-state index is 0.0354. The first-order chi connectivity index (χ1) is 15.3. The van der Waals surface area contributed by atoms with Gasteiger partial charge in [0.2, 0.25) is 10.0 Å². The Balaban J connectivity index is 1.73. The summed E-state index contributed by atoms with van der Waals surface area (Å²) in [6.07, 6.45) is 5.29. The van der Waals surface area contributed by atoms with Gasteiger partial charge in [0.25, 0.3) is 5.91 Å². The minimum Gasteiger partial charge on any atom is -0.463 e. The highest BCUT2D eigenvalue weighted by Crippen LogP contribution is 2.24. The Kier molecular flexibility index (Phi) is 7.76. The third kappa shape index (κ3) is 5.80. The maximum absolute atomic E-state index is 14.4. The molecule has 1 saturated heterocycles. The number of rotatable bonds is 7. The average Bonchev–Trinajstić information content (AvgIpc) is 2.79. The molecule has 2 aromatic carbocycles. The van der Waals surface area contributed by atoms with Gasteiger partial charge >= 0.3 is 5.97 Å². The van der Waals surface area contributed by atoms with Crippen LogP contribution in [0, 0.1) is 5.82 Å². The van der Waals surface area contributed by atoms with E-state index in [9.17, 15) is 22.4 Å². The largest absolute Gasteiger partial charge is 0.463 e. The molecule has 7 nitrogen and oxygen atoms in total. The molecule has 1 heterocycles. The van der Waals surface area contributed by atoms with E-state index in [1.165, 1.54) is 16.4 Å². The number of halogens is 1. The molecule has 0 unspecified atom stereocenters. The normalized spacial score (nSPS) is 14.9. The number of nitrogens with one attached hydrogen (secondary N) is 1. The Hall–Kier alpha value is -3.04. The second-order valence-corrected chi connectivity index (χ2v) is 9.18. The molecule has 1 aliphatic heterocycles. The minimum atomic E-state index is -4.01. The van der Waals surface area contributed by atoms with Gasteiger partial charge in [-0.15, -0.1) is 0 Å². The van der Waals surface area contributed by atoms with Gasteiger partial charge in [0.15, 0.2) is 0 Å². The van der Waals surface area contributed by atoms with Gasteiger partial charge in [0, 0.05) is 30.4 Å². The standard InChI is InChI=1S/C23H25FN2O5S/c1-2-31-22(27)13-8-17-6-10-19(11-7-17)25-23(28)18-9-12-20(24)21(16-18)32(29,30)26-14-4-3-5-15-26/h6-13,16H,2-5,14-15H2,1H3,(H,25,28)/b13-8+. The molecule has 0 atom stereocenters. The van der Waals surface area contributed by atoms with Gasteiger partial charge in [-0.25, -0.2) is 17.6 Å². The zero-order valence-corrected chi connectivity index (χ0v) is 18.5. The van der Waals surface area contributed by atoms with Gasteiger partial charge in [-0.1, -0.05) is 18.6 Å². The van der Waals surface area contributed by atoms with Gasteiger partial charge in [-0.2, -0.15) is 4.31 Å². The lowest BCUT2D eigenvalue weighted by molar-refractivity contribution is -0.137. The molecule has 0 spiro atoms. The van der Waals surface area contributed by atoms with Gasteiger partial charge in [-0.05, 0) is 61.7 Å². The second kappa shape index (κ2) is 10.5. The number of sulfonamides is 1. The van der Waals surface area contributed by atoms with Crippen LogP contribution in [-0.2, 0) is 19.6 Å². The Morgan fingerprint density at radius 2 is 1.78 bits per heavy atom. The van der Waals surface area contributed by atoms with E-state index in [1.54, 1.807) is 37.3 Å². The molecular formula is C23H25FN2O5S. The van der Waals surface area contributed by atoms with E-state index in [1.807, 2.05) is 0 Å². The van der Waals surface area contributed by atoms with Crippen LogP contribution in [0.3, 0.4) is 0 Å². The third-order valence-electron chi connectivity index (χ3n) is 4.99. The smallest absolute Gasteiger partial charge is 0.330 e. The molecule has 0 radical (unpaired) electrons. The van der Waals surface area contributed by atoms with Crippen LogP contribution in [0.25, 0.3) is 6.08 Å². The fraction of sp³-hybridized carbons (Fsp3) is 0.304. The highest BCUT2D eigenvalue weighted by molar-refractivity contribution is 7.89. The quantitative estimate of drug-likeness (QED) is 0.501. The summed E-state index contributed by atoms with van der Waals surface area (Å²) in [7, 11) is -4.01. The first kappa shape index (κ1) is 23.6. The number of carbonyl (C=O) groups is 2. The monoisotopic (exact) mass is 460 g/mol. The van der Waals surface area contributed by atoms with Crippen molar-refractivity contribution in [2.24, 2.45) is 0 Å². The number of hydrogen-bond acceptors (Lipinski definition) is 5. The van der Waals surface area contributed by atoms with Crippen molar-refractivity contribution in [2.75, 3.05) is 25.0 Å². The van der Waals surface area contributed by atoms with E-state index in [-0.39, 0.29) is 5.56 Å². The van der Waals surface area contributed by atoms with Crippen LogP contribution >= 0.6 is 0 Å². The summed E-state index contributed by atoms with van der Waals surface area (Å²) >= 11 is 0. The third-order valence-corrected chi connectivity index (χ3v) is 6.91. The Bertz CT molecular complexity index is 1110. The Morgan fingerprint density at radius 1 is 1.09 bits per heavy atom. The van der Waals surface area contributed by atoms with E-state index in [0.29, 0.717) is 25.4 Å². The number of carbonyl (C=O) groups excluding carboxylic acids is 2. The van der Waals surface area contributed by atoms with Gasteiger partial charge in [0.05, 0.1) is 6.61 Å². The van der Waals surface area contributed by atoms with Crippen molar-refractivity contribution in [2.45, 2.75) is 31.1 Å². The number of esters is 1. The Labute approximate surface area is 186 Å². The topological polar surface area (TPSA) is 92.8 Å². The SMILES string of the molecule is CCOC(=O)/C=C/c1ccc(NC(=O)c2ccc(F)c(S(=O)(=O)N3CCCCC3)c2)cc1. The molecular weight excluding hydrogens is 435 g/mol. The number of amides is 1. The van der Waals surface area contributed by atoms with Crippen LogP contribution in [0.1, 0.15) is 42.1 Å². The van der Waals surface area contributed by atoms with E-state index in [0.717, 1.165) is 37.0 Å². The molecule has 1 N–H and O–H groups in total. The number of piperidine rings is 1. The summed E-state index contributed by atoms with van der Waals surface area (Å²) in [5, 5.41) is 2.66. The first-order valence-corrected chi connectivity index (χ1v) is 11.8. The maximum Gasteiger partial charge on any atom is 0.330 e. The van der Waals surface area contributed by atoms with Crippen molar-refractivity contribution in [1.82, 2.24) is 4.31 Å². The predicted octanol–water partition coefficient (Wildman–Crippen LogP) is 3.83. The van der Waals surface area contributed by atoms with E-state index in [4.69, 9.17) is 4.74 Å². The second-order valence-electron chi connectivity index (χ2n) is 7.27. The highest BCUT2D eigenvalue weighted by atomic mass is 32.2. The summed E-state index contributed by atoms with van der Waals surface area (Å²) < 4.78 is 46.1. The van der Waals surface area contributed by atoms with Crippen molar-refractivity contribution >= 4 is 33.7 Å². The predicted molar refractivity (Wildman–Crippen MR) is 119 cm³/mol. The van der Waals surface area contributed by atoms with E-state index < -0.39 is 32.6 Å². The maximum atomic E-state index is 14.4. The molecule has 32 heavy (non-hydrogen) atoms. The molecule has 1 fully saturated rings. The number of nitrogens with zero attached hydrogens (tertiary/aromatic N) is 1. The van der Waals surface area contributed by atoms with Crippen molar-refractivity contribution < 1.29 is 27.1 Å². The van der Waals surface area contributed by atoms with Crippen molar-refractivity contribution in [3.05, 3.63) is 65.5 Å². The zero-order valence-electron chi connectivity index (χ0n) is 17.7. The fourth-order valence-electron chi connectivity index (χ4n) is 3.32. The number of anilines is 1. The van der Waals surface area contributed by atoms with Crippen LogP contribution in [0.15, 0.2) is 53.4 Å². The number of benzene rings is 2. The van der Waals surface area contributed by atoms with E-state index >= 15 is 0 Å². The van der Waals surface area contributed by atoms with Crippen LogP contribution in [-0.4, -0.2) is 44.3 Å². The summed E-state index contributed by atoms with van der Waals surface area (Å²) in [5.74, 6) is -1.89. The van der Waals surface area contributed by atoms with Crippen LogP contribution < -0.4 is 5.32 Å².